The Morgan fingerprint density at radius 1 is 1.37 bits per heavy atom. The Labute approximate surface area is 113 Å². The highest BCUT2D eigenvalue weighted by atomic mass is 16.2. The number of aromatic amines is 1. The molecule has 3 heteroatoms. The van der Waals surface area contributed by atoms with E-state index in [4.69, 9.17) is 0 Å². The van der Waals surface area contributed by atoms with Gasteiger partial charge in [0.05, 0.1) is 0 Å². The summed E-state index contributed by atoms with van der Waals surface area (Å²) in [6.45, 7) is 3.88. The number of amides is 1. The first-order valence-corrected chi connectivity index (χ1v) is 7.13. The van der Waals surface area contributed by atoms with Gasteiger partial charge in [-0.15, -0.1) is 0 Å². The van der Waals surface area contributed by atoms with Crippen LogP contribution in [0.1, 0.15) is 25.3 Å². The van der Waals surface area contributed by atoms with Crippen molar-refractivity contribution in [3.8, 4) is 0 Å². The number of nitrogens with zero attached hydrogens (tertiary/aromatic N) is 1. The molecule has 100 valence electrons. The summed E-state index contributed by atoms with van der Waals surface area (Å²) in [6, 6.07) is 8.33. The van der Waals surface area contributed by atoms with Gasteiger partial charge in [0.15, 0.2) is 0 Å². The third-order valence-electron chi connectivity index (χ3n) is 4.23. The summed E-state index contributed by atoms with van der Waals surface area (Å²) in [6.07, 6.45) is 5.01. The molecule has 2 heterocycles. The van der Waals surface area contributed by atoms with E-state index in [1.165, 1.54) is 16.5 Å². The summed E-state index contributed by atoms with van der Waals surface area (Å²) in [7, 11) is 0. The van der Waals surface area contributed by atoms with Crippen molar-refractivity contribution in [1.29, 1.82) is 0 Å². The first kappa shape index (κ1) is 12.3. The second kappa shape index (κ2) is 5.08. The molecule has 1 N–H and O–H groups in total. The van der Waals surface area contributed by atoms with E-state index in [1.807, 2.05) is 11.0 Å². The van der Waals surface area contributed by atoms with Crippen LogP contribution in [0.4, 0.5) is 0 Å². The van der Waals surface area contributed by atoms with Gasteiger partial charge >= 0.3 is 0 Å². The van der Waals surface area contributed by atoms with Crippen LogP contribution in [-0.2, 0) is 11.2 Å². The lowest BCUT2D eigenvalue weighted by Gasteiger charge is -2.16. The fourth-order valence-corrected chi connectivity index (χ4v) is 3.00. The van der Waals surface area contributed by atoms with Crippen molar-refractivity contribution in [2.45, 2.75) is 26.2 Å². The number of rotatable bonds is 4. The summed E-state index contributed by atoms with van der Waals surface area (Å²) in [4.78, 5) is 17.4. The number of para-hydroxylation sites is 1. The number of likely N-dealkylation sites (tertiary alicyclic amines) is 1. The minimum Gasteiger partial charge on any atom is -0.361 e. The minimum atomic E-state index is 0.267. The van der Waals surface area contributed by atoms with Crippen LogP contribution < -0.4 is 0 Å². The maximum Gasteiger partial charge on any atom is 0.225 e. The molecule has 0 spiro atoms. The predicted octanol–water partition coefficient (Wildman–Crippen LogP) is 2.97. The van der Waals surface area contributed by atoms with E-state index in [9.17, 15) is 4.79 Å². The van der Waals surface area contributed by atoms with Gasteiger partial charge in [0.1, 0.15) is 0 Å². The highest BCUT2D eigenvalue weighted by molar-refractivity contribution is 5.83. The van der Waals surface area contributed by atoms with Crippen LogP contribution in [-0.4, -0.2) is 28.9 Å². The Balaban J connectivity index is 1.68. The van der Waals surface area contributed by atoms with Crippen molar-refractivity contribution in [2.24, 2.45) is 5.92 Å². The molecule has 1 aliphatic rings. The molecule has 0 bridgehead atoms. The molecule has 1 aromatic heterocycles. The SMILES string of the molecule is CCC1CCN(CCc2c[nH]c3ccccc23)C1=O. The van der Waals surface area contributed by atoms with Crippen molar-refractivity contribution in [3.05, 3.63) is 36.0 Å². The summed E-state index contributed by atoms with van der Waals surface area (Å²) >= 11 is 0. The monoisotopic (exact) mass is 256 g/mol. The van der Waals surface area contributed by atoms with Gasteiger partial charge in [-0.05, 0) is 30.9 Å². The number of hydrogen-bond donors (Lipinski definition) is 1. The molecule has 3 nitrogen and oxygen atoms in total. The van der Waals surface area contributed by atoms with Crippen LogP contribution in [0, 0.1) is 5.92 Å². The molecule has 1 atom stereocenters. The van der Waals surface area contributed by atoms with Crippen molar-refractivity contribution in [1.82, 2.24) is 9.88 Å². The molecule has 1 aliphatic heterocycles. The van der Waals surface area contributed by atoms with Gasteiger partial charge in [-0.25, -0.2) is 0 Å². The van der Waals surface area contributed by atoms with E-state index in [0.717, 1.165) is 32.4 Å². The van der Waals surface area contributed by atoms with Gasteiger partial charge < -0.3 is 9.88 Å². The highest BCUT2D eigenvalue weighted by Gasteiger charge is 2.29. The van der Waals surface area contributed by atoms with Crippen LogP contribution in [0.15, 0.2) is 30.5 Å². The lowest BCUT2D eigenvalue weighted by atomic mass is 10.1. The van der Waals surface area contributed by atoms with Crippen LogP contribution in [0.3, 0.4) is 0 Å². The first-order valence-electron chi connectivity index (χ1n) is 7.13. The molecule has 2 aromatic rings. The standard InChI is InChI=1S/C16H20N2O/c1-2-12-7-9-18(16(12)19)10-8-13-11-17-15-6-4-3-5-14(13)15/h3-6,11-12,17H,2,7-10H2,1H3. The fraction of sp³-hybridized carbons (Fsp3) is 0.438. The normalized spacial score (nSPS) is 19.5. The summed E-state index contributed by atoms with van der Waals surface area (Å²) in [5.74, 6) is 0.616. The van der Waals surface area contributed by atoms with Crippen molar-refractivity contribution >= 4 is 16.8 Å². The summed E-state index contributed by atoms with van der Waals surface area (Å²) in [5, 5.41) is 1.28. The van der Waals surface area contributed by atoms with Gasteiger partial charge in [-0.2, -0.15) is 0 Å². The number of fused-ring (bicyclic) bond motifs is 1. The molecule has 1 amide bonds. The zero-order chi connectivity index (χ0) is 13.2. The molecular formula is C16H20N2O. The van der Waals surface area contributed by atoms with E-state index >= 15 is 0 Å². The molecule has 0 aliphatic carbocycles. The number of nitrogens with one attached hydrogen (secondary N) is 1. The third kappa shape index (κ3) is 2.25. The number of carbonyl (C=O) groups is 1. The summed E-state index contributed by atoms with van der Waals surface area (Å²) < 4.78 is 0. The Hall–Kier alpha value is -1.77. The number of H-pyrrole nitrogens is 1. The highest BCUT2D eigenvalue weighted by Crippen LogP contribution is 2.23. The summed E-state index contributed by atoms with van der Waals surface area (Å²) in [5.41, 5.74) is 2.49. The van der Waals surface area contributed by atoms with Gasteiger partial charge in [0.2, 0.25) is 5.91 Å². The molecule has 19 heavy (non-hydrogen) atoms. The van der Waals surface area contributed by atoms with Crippen LogP contribution >= 0.6 is 0 Å². The Morgan fingerprint density at radius 2 is 2.21 bits per heavy atom. The number of benzene rings is 1. The lowest BCUT2D eigenvalue weighted by molar-refractivity contribution is -0.131. The molecule has 1 saturated heterocycles. The van der Waals surface area contributed by atoms with Crippen molar-refractivity contribution in [3.63, 3.8) is 0 Å². The Morgan fingerprint density at radius 3 is 3.00 bits per heavy atom. The Bertz CT molecular complexity index is 587. The van der Waals surface area contributed by atoms with E-state index in [2.05, 4.69) is 36.3 Å². The average molecular weight is 256 g/mol. The Kier molecular flexibility index (Phi) is 3.28. The van der Waals surface area contributed by atoms with E-state index in [1.54, 1.807) is 0 Å². The molecule has 0 saturated carbocycles. The van der Waals surface area contributed by atoms with E-state index < -0.39 is 0 Å². The zero-order valence-corrected chi connectivity index (χ0v) is 11.4. The van der Waals surface area contributed by atoms with Crippen molar-refractivity contribution < 1.29 is 4.79 Å². The molecule has 1 fully saturated rings. The lowest BCUT2D eigenvalue weighted by Crippen LogP contribution is -2.29. The predicted molar refractivity (Wildman–Crippen MR) is 77.0 cm³/mol. The average Bonchev–Trinajstić information content (AvgIpc) is 3.00. The zero-order valence-electron chi connectivity index (χ0n) is 11.4. The topological polar surface area (TPSA) is 36.1 Å². The maximum absolute atomic E-state index is 12.1. The van der Waals surface area contributed by atoms with Crippen molar-refractivity contribution in [2.75, 3.05) is 13.1 Å². The quantitative estimate of drug-likeness (QED) is 0.897. The first-order chi connectivity index (χ1) is 9.29. The van der Waals surface area contributed by atoms with E-state index in [0.29, 0.717) is 5.91 Å². The van der Waals surface area contributed by atoms with Gasteiger partial charge in [-0.3, -0.25) is 4.79 Å². The van der Waals surface area contributed by atoms with Gasteiger partial charge in [0, 0.05) is 36.1 Å². The molecule has 3 rings (SSSR count). The van der Waals surface area contributed by atoms with Gasteiger partial charge in [0.25, 0.3) is 0 Å². The second-order valence-corrected chi connectivity index (χ2v) is 5.33. The van der Waals surface area contributed by atoms with Crippen LogP contribution in [0.5, 0.6) is 0 Å². The number of hydrogen-bond acceptors (Lipinski definition) is 1. The number of carbonyl (C=O) groups excluding carboxylic acids is 1. The van der Waals surface area contributed by atoms with Gasteiger partial charge in [-0.1, -0.05) is 25.1 Å². The van der Waals surface area contributed by atoms with E-state index in [-0.39, 0.29) is 5.92 Å². The maximum atomic E-state index is 12.1. The fourth-order valence-electron chi connectivity index (χ4n) is 3.00. The molecular weight excluding hydrogens is 236 g/mol. The minimum absolute atomic E-state index is 0.267. The number of aromatic nitrogens is 1. The largest absolute Gasteiger partial charge is 0.361 e. The third-order valence-corrected chi connectivity index (χ3v) is 4.23. The van der Waals surface area contributed by atoms with Crippen LogP contribution in [0.2, 0.25) is 0 Å². The second-order valence-electron chi connectivity index (χ2n) is 5.33. The smallest absolute Gasteiger partial charge is 0.225 e. The van der Waals surface area contributed by atoms with Crippen LogP contribution in [0.25, 0.3) is 10.9 Å². The molecule has 0 radical (unpaired) electrons. The molecule has 1 unspecified atom stereocenters. The molecule has 1 aromatic carbocycles.